The van der Waals surface area contributed by atoms with E-state index >= 15 is 0 Å². The zero-order valence-electron chi connectivity index (χ0n) is 32.2. The van der Waals surface area contributed by atoms with Gasteiger partial charge in [0.1, 0.15) is 0 Å². The first-order valence-corrected chi connectivity index (χ1v) is 19.0. The molecule has 0 aliphatic heterocycles. The van der Waals surface area contributed by atoms with E-state index in [0.717, 1.165) is 13.0 Å². The van der Waals surface area contributed by atoms with Gasteiger partial charge in [-0.1, -0.05) is 39.0 Å². The minimum Gasteiger partial charge on any atom is -0.420 e. The third-order valence-electron chi connectivity index (χ3n) is 7.20. The molecule has 0 aliphatic rings. The molecule has 1 rings (SSSR count). The predicted octanol–water partition coefficient (Wildman–Crippen LogP) is 5.22. The van der Waals surface area contributed by atoms with Crippen LogP contribution >= 0.6 is 0 Å². The van der Waals surface area contributed by atoms with Crippen LogP contribution in [-0.2, 0) is 56.9 Å². The first-order chi connectivity index (χ1) is 26.9. The number of carbonyl (C=O) groups is 1. The number of ether oxygens (including phenoxy) is 12. The van der Waals surface area contributed by atoms with Gasteiger partial charge in [0.2, 0.25) is 34.8 Å². The molecule has 322 valence electrons. The summed E-state index contributed by atoms with van der Waals surface area (Å²) in [5, 5.41) is 0. The predicted molar refractivity (Wildman–Crippen MR) is 189 cm³/mol. The molecule has 0 aromatic heterocycles. The van der Waals surface area contributed by atoms with Crippen molar-refractivity contribution in [3.63, 3.8) is 0 Å². The van der Waals surface area contributed by atoms with E-state index in [1.54, 1.807) is 0 Å². The zero-order valence-corrected chi connectivity index (χ0v) is 32.2. The summed E-state index contributed by atoms with van der Waals surface area (Å²) in [6.07, 6.45) is 7.08. The van der Waals surface area contributed by atoms with Crippen LogP contribution in [0.25, 0.3) is 0 Å². The number of rotatable bonds is 41. The molecule has 0 atom stereocenters. The van der Waals surface area contributed by atoms with Crippen molar-refractivity contribution < 1.29 is 83.6 Å². The third-order valence-corrected chi connectivity index (χ3v) is 7.20. The van der Waals surface area contributed by atoms with Gasteiger partial charge in [-0.2, -0.15) is 8.78 Å². The lowest BCUT2D eigenvalue weighted by Crippen LogP contribution is -2.16. The smallest absolute Gasteiger partial charge is 0.313 e. The Morgan fingerprint density at radius 1 is 0.345 bits per heavy atom. The lowest BCUT2D eigenvalue weighted by molar-refractivity contribution is -0.136. The van der Waals surface area contributed by atoms with Crippen LogP contribution in [0.2, 0.25) is 0 Å². The maximum absolute atomic E-state index is 13.6. The molecular formula is C37H61F5O13. The number of benzene rings is 1. The molecule has 0 aliphatic carbocycles. The quantitative estimate of drug-likeness (QED) is 0.0215. The van der Waals surface area contributed by atoms with Crippen molar-refractivity contribution >= 4 is 5.97 Å². The summed E-state index contributed by atoms with van der Waals surface area (Å²) in [5.41, 5.74) is 0. The molecule has 0 amide bonds. The molecule has 0 unspecified atom stereocenters. The second-order valence-electron chi connectivity index (χ2n) is 11.6. The van der Waals surface area contributed by atoms with Crippen LogP contribution in [-0.4, -0.2) is 151 Å². The Kier molecular flexibility index (Phi) is 34.7. The van der Waals surface area contributed by atoms with E-state index in [1.807, 2.05) is 0 Å². The van der Waals surface area contributed by atoms with E-state index in [2.05, 4.69) is 11.7 Å². The molecule has 18 heteroatoms. The van der Waals surface area contributed by atoms with Gasteiger partial charge in [-0.15, -0.1) is 0 Å². The molecule has 13 nitrogen and oxygen atoms in total. The first-order valence-electron chi connectivity index (χ1n) is 19.0. The molecule has 0 spiro atoms. The Balaban J connectivity index is 1.71. The van der Waals surface area contributed by atoms with Crippen LogP contribution in [0.4, 0.5) is 22.0 Å². The highest BCUT2D eigenvalue weighted by Gasteiger charge is 2.28. The highest BCUT2D eigenvalue weighted by atomic mass is 19.2. The molecule has 0 heterocycles. The van der Waals surface area contributed by atoms with E-state index in [0.29, 0.717) is 112 Å². The maximum atomic E-state index is 13.6. The number of carbonyl (C=O) groups excluding carboxylic acids is 1. The van der Waals surface area contributed by atoms with Crippen molar-refractivity contribution in [2.45, 2.75) is 51.9 Å². The molecule has 0 fully saturated rings. The average Bonchev–Trinajstić information content (AvgIpc) is 3.18. The van der Waals surface area contributed by atoms with Gasteiger partial charge < -0.3 is 56.8 Å². The zero-order chi connectivity index (χ0) is 40.0. The molecule has 0 bridgehead atoms. The number of hydrogen-bond acceptors (Lipinski definition) is 13. The van der Waals surface area contributed by atoms with E-state index in [-0.39, 0.29) is 26.4 Å². The standard InChI is InChI=1S/C37H61F5O13/c1-2-3-4-5-6-7-9-44-11-13-46-15-17-48-19-21-50-23-25-52-27-29-54-30-28-53-26-24-51-22-20-49-18-16-47-14-12-45-10-8-31(43)55-37-35(41)33(39)32(38)34(40)36(37)42/h2-30H2,1H3. The van der Waals surface area contributed by atoms with Gasteiger partial charge in [0.05, 0.1) is 145 Å². The molecule has 0 radical (unpaired) electrons. The minimum absolute atomic E-state index is 0.0817. The van der Waals surface area contributed by atoms with Gasteiger partial charge in [0.15, 0.2) is 0 Å². The molecule has 1 aromatic rings. The monoisotopic (exact) mass is 808 g/mol. The van der Waals surface area contributed by atoms with Gasteiger partial charge in [-0.05, 0) is 6.42 Å². The van der Waals surface area contributed by atoms with Gasteiger partial charge in [0, 0.05) is 6.61 Å². The number of halogens is 5. The number of esters is 1. The lowest BCUT2D eigenvalue weighted by Gasteiger charge is -2.09. The van der Waals surface area contributed by atoms with E-state index in [1.165, 1.54) is 32.1 Å². The van der Waals surface area contributed by atoms with Gasteiger partial charge >= 0.3 is 5.97 Å². The Hall–Kier alpha value is -2.10. The normalized spacial score (nSPS) is 11.5. The highest BCUT2D eigenvalue weighted by Crippen LogP contribution is 2.29. The number of unbranched alkanes of at least 4 members (excludes halogenated alkanes) is 5. The van der Waals surface area contributed by atoms with Crippen LogP contribution in [0.1, 0.15) is 51.9 Å². The van der Waals surface area contributed by atoms with Crippen molar-refractivity contribution in [2.24, 2.45) is 0 Å². The lowest BCUT2D eigenvalue weighted by atomic mass is 10.1. The molecule has 55 heavy (non-hydrogen) atoms. The fraction of sp³-hybridized carbons (Fsp3) is 0.811. The minimum atomic E-state index is -2.35. The summed E-state index contributed by atoms with van der Waals surface area (Å²) in [7, 11) is 0. The van der Waals surface area contributed by atoms with Crippen molar-refractivity contribution in [2.75, 3.05) is 145 Å². The fourth-order valence-corrected chi connectivity index (χ4v) is 4.28. The second-order valence-corrected chi connectivity index (χ2v) is 11.6. The van der Waals surface area contributed by atoms with Crippen LogP contribution in [0.3, 0.4) is 0 Å². The Morgan fingerprint density at radius 2 is 0.600 bits per heavy atom. The van der Waals surface area contributed by atoms with Crippen molar-refractivity contribution in [3.8, 4) is 5.75 Å². The Morgan fingerprint density at radius 3 is 0.927 bits per heavy atom. The summed E-state index contributed by atoms with van der Waals surface area (Å²) >= 11 is 0. The summed E-state index contributed by atoms with van der Waals surface area (Å²) in [6.45, 7) is 11.2. The van der Waals surface area contributed by atoms with Crippen LogP contribution in [0, 0.1) is 29.1 Å². The third kappa shape index (κ3) is 28.9. The van der Waals surface area contributed by atoms with Crippen LogP contribution in [0.15, 0.2) is 0 Å². The molecular weight excluding hydrogens is 747 g/mol. The number of hydrogen-bond donors (Lipinski definition) is 0. The Bertz CT molecular complexity index is 1030. The molecule has 0 saturated heterocycles. The van der Waals surface area contributed by atoms with Gasteiger partial charge in [0.25, 0.3) is 0 Å². The van der Waals surface area contributed by atoms with Crippen LogP contribution in [0.5, 0.6) is 5.75 Å². The van der Waals surface area contributed by atoms with Gasteiger partial charge in [-0.25, -0.2) is 13.2 Å². The van der Waals surface area contributed by atoms with Gasteiger partial charge in [-0.3, -0.25) is 4.79 Å². The summed E-state index contributed by atoms with van der Waals surface area (Å²) in [5.74, 6) is -14.1. The Labute approximate surface area is 321 Å². The van der Waals surface area contributed by atoms with E-state index in [9.17, 15) is 26.7 Å². The molecule has 0 saturated carbocycles. The largest absolute Gasteiger partial charge is 0.420 e. The maximum Gasteiger partial charge on any atom is 0.313 e. The second kappa shape index (κ2) is 37.5. The summed E-state index contributed by atoms with van der Waals surface area (Å²) in [4.78, 5) is 11.7. The fourth-order valence-electron chi connectivity index (χ4n) is 4.28. The van der Waals surface area contributed by atoms with E-state index in [4.69, 9.17) is 52.1 Å². The first kappa shape index (κ1) is 50.9. The van der Waals surface area contributed by atoms with Crippen molar-refractivity contribution in [3.05, 3.63) is 29.1 Å². The molecule has 1 aromatic carbocycles. The van der Waals surface area contributed by atoms with Crippen molar-refractivity contribution in [1.82, 2.24) is 0 Å². The topological polar surface area (TPSA) is 128 Å². The molecule has 0 N–H and O–H groups in total. The summed E-state index contributed by atoms with van der Waals surface area (Å²) in [6, 6.07) is 0. The highest BCUT2D eigenvalue weighted by molar-refractivity contribution is 5.72. The van der Waals surface area contributed by atoms with E-state index < -0.39 is 47.2 Å². The SMILES string of the molecule is CCCCCCCCOCCOCCOCCOCCOCCOCCOCCOCCOCCOCCOCCC(=O)Oc1c(F)c(F)c(F)c(F)c1F. The average molecular weight is 809 g/mol. The summed E-state index contributed by atoms with van der Waals surface area (Å²) < 4.78 is 130. The van der Waals surface area contributed by atoms with Crippen molar-refractivity contribution in [1.29, 1.82) is 0 Å². The van der Waals surface area contributed by atoms with Crippen LogP contribution < -0.4 is 4.74 Å².